The molecule has 0 bridgehead atoms. The summed E-state index contributed by atoms with van der Waals surface area (Å²) < 4.78 is 40.0. The predicted octanol–water partition coefficient (Wildman–Crippen LogP) is 1.44. The van der Waals surface area contributed by atoms with Gasteiger partial charge in [-0.2, -0.15) is 4.31 Å². The third-order valence-electron chi connectivity index (χ3n) is 5.13. The van der Waals surface area contributed by atoms with Crippen LogP contribution in [0.4, 0.5) is 4.39 Å². The van der Waals surface area contributed by atoms with E-state index in [4.69, 9.17) is 0 Å². The highest BCUT2D eigenvalue weighted by Crippen LogP contribution is 2.24. The quantitative estimate of drug-likeness (QED) is 0.666. The van der Waals surface area contributed by atoms with E-state index in [1.54, 1.807) is 25.3 Å². The monoisotopic (exact) mass is 448 g/mol. The number of aromatic nitrogens is 1. The predicted molar refractivity (Wildman–Crippen MR) is 112 cm³/mol. The molecule has 10 heteroatoms. The largest absolute Gasteiger partial charge is 0.349 e. The van der Waals surface area contributed by atoms with Gasteiger partial charge in [-0.05, 0) is 56.2 Å². The molecule has 0 radical (unpaired) electrons. The molecule has 166 valence electrons. The number of nitrogens with zero attached hydrogens (tertiary/aromatic N) is 2. The van der Waals surface area contributed by atoms with Crippen molar-refractivity contribution in [2.75, 3.05) is 13.1 Å². The average molecular weight is 449 g/mol. The van der Waals surface area contributed by atoms with Crippen molar-refractivity contribution < 1.29 is 22.4 Å². The molecule has 0 saturated carbocycles. The summed E-state index contributed by atoms with van der Waals surface area (Å²) >= 11 is 0. The summed E-state index contributed by atoms with van der Waals surface area (Å²) in [6.07, 6.45) is 2.66. The minimum absolute atomic E-state index is 0.00776. The SMILES string of the molecule is C[C@@H](NC(=O)C1CCCN(S(=O)(=O)c2ccc(F)cc2)C1)C(=O)NCc1ccccn1. The normalized spacial score (nSPS) is 18.2. The average Bonchev–Trinajstić information content (AvgIpc) is 2.78. The van der Waals surface area contributed by atoms with Crippen LogP contribution in [0.2, 0.25) is 0 Å². The molecule has 1 saturated heterocycles. The van der Waals surface area contributed by atoms with Gasteiger partial charge in [-0.1, -0.05) is 6.07 Å². The van der Waals surface area contributed by atoms with E-state index >= 15 is 0 Å². The van der Waals surface area contributed by atoms with Crippen LogP contribution in [-0.2, 0) is 26.2 Å². The van der Waals surface area contributed by atoms with Crippen molar-refractivity contribution in [3.63, 3.8) is 0 Å². The Hall–Kier alpha value is -2.85. The van der Waals surface area contributed by atoms with Crippen molar-refractivity contribution in [1.29, 1.82) is 0 Å². The van der Waals surface area contributed by atoms with Gasteiger partial charge < -0.3 is 10.6 Å². The molecule has 1 aromatic carbocycles. The number of hydrogen-bond acceptors (Lipinski definition) is 5. The Kier molecular flexibility index (Phi) is 7.34. The molecular formula is C21H25FN4O4S. The van der Waals surface area contributed by atoms with Gasteiger partial charge in [0.25, 0.3) is 0 Å². The minimum atomic E-state index is -3.83. The zero-order valence-corrected chi connectivity index (χ0v) is 17.9. The van der Waals surface area contributed by atoms with Crippen molar-refractivity contribution in [2.24, 2.45) is 5.92 Å². The number of carbonyl (C=O) groups excluding carboxylic acids is 2. The van der Waals surface area contributed by atoms with Gasteiger partial charge in [-0.15, -0.1) is 0 Å². The van der Waals surface area contributed by atoms with Crippen LogP contribution in [0.15, 0.2) is 53.6 Å². The van der Waals surface area contributed by atoms with E-state index in [0.29, 0.717) is 18.5 Å². The van der Waals surface area contributed by atoms with Crippen LogP contribution >= 0.6 is 0 Å². The van der Waals surface area contributed by atoms with Crippen LogP contribution < -0.4 is 10.6 Å². The fraction of sp³-hybridized carbons (Fsp3) is 0.381. The highest BCUT2D eigenvalue weighted by atomic mass is 32.2. The van der Waals surface area contributed by atoms with Gasteiger partial charge >= 0.3 is 0 Å². The second-order valence-electron chi connectivity index (χ2n) is 7.43. The van der Waals surface area contributed by atoms with Crippen LogP contribution in [0.1, 0.15) is 25.5 Å². The summed E-state index contributed by atoms with van der Waals surface area (Å²) in [5.41, 5.74) is 0.697. The van der Waals surface area contributed by atoms with Crippen molar-refractivity contribution in [3.8, 4) is 0 Å². The van der Waals surface area contributed by atoms with Crippen molar-refractivity contribution >= 4 is 21.8 Å². The van der Waals surface area contributed by atoms with Gasteiger partial charge in [0.15, 0.2) is 0 Å². The molecule has 1 unspecified atom stereocenters. The Morgan fingerprint density at radius 3 is 2.65 bits per heavy atom. The molecule has 1 aliphatic heterocycles. The first-order chi connectivity index (χ1) is 14.8. The first kappa shape index (κ1) is 22.8. The second kappa shape index (κ2) is 9.97. The molecule has 0 spiro atoms. The molecule has 1 aliphatic rings. The molecule has 3 rings (SSSR count). The molecule has 2 aromatic rings. The number of benzene rings is 1. The van der Waals surface area contributed by atoms with Crippen molar-refractivity contribution in [3.05, 3.63) is 60.2 Å². The summed E-state index contributed by atoms with van der Waals surface area (Å²) in [5, 5.41) is 5.38. The van der Waals surface area contributed by atoms with Gasteiger partial charge in [0.2, 0.25) is 21.8 Å². The molecule has 2 N–H and O–H groups in total. The van der Waals surface area contributed by atoms with E-state index < -0.39 is 27.8 Å². The number of carbonyl (C=O) groups is 2. The van der Waals surface area contributed by atoms with Gasteiger partial charge in [0, 0.05) is 19.3 Å². The standard InChI is InChI=1S/C21H25FN4O4S/c1-15(20(27)24-13-18-6-2-3-11-23-18)25-21(28)16-5-4-12-26(14-16)31(29,30)19-9-7-17(22)8-10-19/h2-3,6-11,15-16H,4-5,12-14H2,1H3,(H,24,27)(H,25,28)/t15-,16?/m1/s1. The molecule has 2 heterocycles. The lowest BCUT2D eigenvalue weighted by molar-refractivity contribution is -0.131. The van der Waals surface area contributed by atoms with Crippen LogP contribution in [0.25, 0.3) is 0 Å². The number of pyridine rings is 1. The van der Waals surface area contributed by atoms with Gasteiger partial charge in [0.1, 0.15) is 11.9 Å². The molecule has 1 aromatic heterocycles. The van der Waals surface area contributed by atoms with Crippen LogP contribution in [0, 0.1) is 11.7 Å². The van der Waals surface area contributed by atoms with Crippen LogP contribution in [-0.4, -0.2) is 48.7 Å². The molecular weight excluding hydrogens is 423 g/mol. The first-order valence-corrected chi connectivity index (χ1v) is 11.4. The number of halogens is 1. The summed E-state index contributed by atoms with van der Waals surface area (Å²) in [7, 11) is -3.83. The highest BCUT2D eigenvalue weighted by Gasteiger charge is 2.34. The number of hydrogen-bond donors (Lipinski definition) is 2. The second-order valence-corrected chi connectivity index (χ2v) is 9.36. The van der Waals surface area contributed by atoms with E-state index in [1.807, 2.05) is 6.07 Å². The lowest BCUT2D eigenvalue weighted by Gasteiger charge is -2.31. The summed E-state index contributed by atoms with van der Waals surface area (Å²) in [4.78, 5) is 29.1. The van der Waals surface area contributed by atoms with Crippen LogP contribution in [0.3, 0.4) is 0 Å². The zero-order valence-electron chi connectivity index (χ0n) is 17.1. The third kappa shape index (κ3) is 5.86. The maximum absolute atomic E-state index is 13.1. The Labute approximate surface area is 180 Å². The number of piperidine rings is 1. The van der Waals surface area contributed by atoms with Gasteiger partial charge in [-0.25, -0.2) is 12.8 Å². The summed E-state index contributed by atoms with van der Waals surface area (Å²) in [5.74, 6) is -1.83. The molecule has 1 fully saturated rings. The van der Waals surface area contributed by atoms with Crippen molar-refractivity contribution in [2.45, 2.75) is 37.2 Å². The van der Waals surface area contributed by atoms with E-state index in [2.05, 4.69) is 15.6 Å². The Bertz CT molecular complexity index is 1020. The number of nitrogens with one attached hydrogen (secondary N) is 2. The fourth-order valence-electron chi connectivity index (χ4n) is 3.36. The zero-order chi connectivity index (χ0) is 22.4. The van der Waals surface area contributed by atoms with E-state index in [1.165, 1.54) is 16.4 Å². The molecule has 2 amide bonds. The highest BCUT2D eigenvalue weighted by molar-refractivity contribution is 7.89. The third-order valence-corrected chi connectivity index (χ3v) is 7.01. The minimum Gasteiger partial charge on any atom is -0.349 e. The summed E-state index contributed by atoms with van der Waals surface area (Å²) in [6, 6.07) is 9.19. The lowest BCUT2D eigenvalue weighted by Crippen LogP contribution is -2.50. The number of amides is 2. The van der Waals surface area contributed by atoms with Gasteiger partial charge in [0.05, 0.1) is 23.1 Å². The van der Waals surface area contributed by atoms with Gasteiger partial charge in [-0.3, -0.25) is 14.6 Å². The Morgan fingerprint density at radius 1 is 1.23 bits per heavy atom. The van der Waals surface area contributed by atoms with Crippen LogP contribution in [0.5, 0.6) is 0 Å². The van der Waals surface area contributed by atoms with E-state index in [0.717, 1.165) is 12.1 Å². The first-order valence-electron chi connectivity index (χ1n) is 10.0. The molecule has 8 nitrogen and oxygen atoms in total. The molecule has 0 aliphatic carbocycles. The number of rotatable bonds is 7. The summed E-state index contributed by atoms with van der Waals surface area (Å²) in [6.45, 7) is 2.10. The Morgan fingerprint density at radius 2 is 1.97 bits per heavy atom. The Balaban J connectivity index is 1.56. The van der Waals surface area contributed by atoms with Crippen molar-refractivity contribution in [1.82, 2.24) is 19.9 Å². The maximum Gasteiger partial charge on any atom is 0.243 e. The molecule has 2 atom stereocenters. The maximum atomic E-state index is 13.1. The van der Waals surface area contributed by atoms with E-state index in [-0.39, 0.29) is 36.3 Å². The number of sulfonamides is 1. The molecule has 31 heavy (non-hydrogen) atoms. The van der Waals surface area contributed by atoms with E-state index in [9.17, 15) is 22.4 Å². The lowest BCUT2D eigenvalue weighted by atomic mass is 9.98. The smallest absolute Gasteiger partial charge is 0.243 e. The fourth-order valence-corrected chi connectivity index (χ4v) is 4.88. The topological polar surface area (TPSA) is 108 Å².